The summed E-state index contributed by atoms with van der Waals surface area (Å²) < 4.78 is 2.46. The van der Waals surface area contributed by atoms with E-state index in [1.54, 1.807) is 0 Å². The molecule has 1 atom stereocenters. The summed E-state index contributed by atoms with van der Waals surface area (Å²) in [5.41, 5.74) is 23.5. The number of benzene rings is 7. The average molecular weight is 634 g/mol. The topological polar surface area (TPSA) is 4.93 Å². The number of rotatable bonds is 3. The molecule has 1 heterocycles. The van der Waals surface area contributed by atoms with E-state index in [0.29, 0.717) is 5.92 Å². The first-order valence-electron chi connectivity index (χ1n) is 17.8. The second-order valence-corrected chi connectivity index (χ2v) is 14.3. The van der Waals surface area contributed by atoms with Gasteiger partial charge in [0.1, 0.15) is 0 Å². The fourth-order valence-corrected chi connectivity index (χ4v) is 9.89. The predicted molar refractivity (Wildman–Crippen MR) is 208 cm³/mol. The van der Waals surface area contributed by atoms with Crippen LogP contribution in [0.25, 0.3) is 77.6 Å². The zero-order valence-corrected chi connectivity index (χ0v) is 27.4. The number of allylic oxidation sites excluding steroid dienone is 4. The average Bonchev–Trinajstić information content (AvgIpc) is 3.91. The van der Waals surface area contributed by atoms with Crippen molar-refractivity contribution >= 4 is 38.4 Å². The van der Waals surface area contributed by atoms with Gasteiger partial charge < -0.3 is 4.57 Å². The van der Waals surface area contributed by atoms with Gasteiger partial charge in [0.25, 0.3) is 0 Å². The summed E-state index contributed by atoms with van der Waals surface area (Å²) in [7, 11) is 0. The van der Waals surface area contributed by atoms with E-state index < -0.39 is 0 Å². The largest absolute Gasteiger partial charge is 0.309 e. The van der Waals surface area contributed by atoms with Crippen LogP contribution < -0.4 is 0 Å². The number of fused-ring (bicyclic) bond motifs is 9. The molecule has 12 rings (SSSR count). The first-order valence-corrected chi connectivity index (χ1v) is 17.8. The Kier molecular flexibility index (Phi) is 5.19. The molecule has 0 saturated carbocycles. The minimum Gasteiger partial charge on any atom is -0.309 e. The van der Waals surface area contributed by atoms with Gasteiger partial charge in [0.15, 0.2) is 0 Å². The number of hydrogen-bond donors (Lipinski definition) is 0. The van der Waals surface area contributed by atoms with Crippen LogP contribution in [0.3, 0.4) is 0 Å². The SMILES string of the molecule is C1=C2C3=C(Cc4ccccc43)c3cccc(c32)C(c2ccc(-c3ccc4c5c(cccc35)-c3c-4c4ccccc4n3-c3ccccc3)cc2)C1. The van der Waals surface area contributed by atoms with Gasteiger partial charge in [-0.1, -0.05) is 140 Å². The fourth-order valence-electron chi connectivity index (χ4n) is 9.89. The van der Waals surface area contributed by atoms with Gasteiger partial charge in [0.05, 0.1) is 11.2 Å². The van der Waals surface area contributed by atoms with E-state index in [9.17, 15) is 0 Å². The Labute approximate surface area is 291 Å². The van der Waals surface area contributed by atoms with E-state index >= 15 is 0 Å². The molecular formula is C49H31N. The minimum absolute atomic E-state index is 0.363. The van der Waals surface area contributed by atoms with E-state index in [4.69, 9.17) is 0 Å². The summed E-state index contributed by atoms with van der Waals surface area (Å²) in [6.07, 6.45) is 4.60. The normalized spacial score (nSPS) is 16.1. The molecule has 1 aromatic heterocycles. The van der Waals surface area contributed by atoms with Crippen molar-refractivity contribution in [1.29, 1.82) is 0 Å². The van der Waals surface area contributed by atoms with Gasteiger partial charge in [-0.3, -0.25) is 0 Å². The highest BCUT2D eigenvalue weighted by Crippen LogP contribution is 2.57. The molecule has 0 radical (unpaired) electrons. The Morgan fingerprint density at radius 3 is 2.18 bits per heavy atom. The lowest BCUT2D eigenvalue weighted by molar-refractivity contribution is 0.817. The maximum absolute atomic E-state index is 2.53. The van der Waals surface area contributed by atoms with Crippen LogP contribution in [0.4, 0.5) is 0 Å². The molecular weight excluding hydrogens is 603 g/mol. The van der Waals surface area contributed by atoms with Crippen LogP contribution >= 0.6 is 0 Å². The molecule has 0 N–H and O–H groups in total. The highest BCUT2D eigenvalue weighted by Gasteiger charge is 2.37. The lowest BCUT2D eigenvalue weighted by Gasteiger charge is -2.26. The molecule has 0 saturated heterocycles. The third kappa shape index (κ3) is 3.37. The van der Waals surface area contributed by atoms with Crippen molar-refractivity contribution in [2.45, 2.75) is 18.8 Å². The van der Waals surface area contributed by atoms with Crippen molar-refractivity contribution in [3.63, 3.8) is 0 Å². The van der Waals surface area contributed by atoms with Gasteiger partial charge in [-0.2, -0.15) is 0 Å². The maximum atomic E-state index is 2.53. The molecule has 1 heteroatoms. The molecule has 4 aliphatic carbocycles. The van der Waals surface area contributed by atoms with Crippen LogP contribution in [0.1, 0.15) is 45.7 Å². The Morgan fingerprint density at radius 2 is 1.26 bits per heavy atom. The number of aromatic nitrogens is 1. The molecule has 8 aromatic rings. The van der Waals surface area contributed by atoms with Gasteiger partial charge >= 0.3 is 0 Å². The lowest BCUT2D eigenvalue weighted by Crippen LogP contribution is -2.09. The standard InChI is InChI=1S/C49H31N/c1-2-11-32(12-3-1)50-44-19-7-6-14-39(44)48-41-27-25-34(37-16-9-18-42(47(37)41)49(48)50)30-22-20-29(21-23-30)33-24-26-40-45-35-13-5-4-10-31(35)28-43(45)38-17-8-15-36(33)46(38)40/h1-23,25-27,33H,24,28H2. The molecule has 1 nitrogen and oxygen atoms in total. The molecule has 0 aliphatic heterocycles. The molecule has 1 unspecified atom stereocenters. The Bertz CT molecular complexity index is 2840. The maximum Gasteiger partial charge on any atom is 0.0626 e. The van der Waals surface area contributed by atoms with Gasteiger partial charge in [0, 0.05) is 28.1 Å². The third-order valence-electron chi connectivity index (χ3n) is 11.9. The fraction of sp³-hybridized carbons (Fsp3) is 0.0612. The smallest absolute Gasteiger partial charge is 0.0626 e. The molecule has 232 valence electrons. The van der Waals surface area contributed by atoms with Gasteiger partial charge in [-0.15, -0.1) is 0 Å². The highest BCUT2D eigenvalue weighted by atomic mass is 15.0. The molecule has 4 aliphatic rings. The van der Waals surface area contributed by atoms with Crippen molar-refractivity contribution < 1.29 is 0 Å². The Balaban J connectivity index is 0.951. The Hall–Kier alpha value is -6.18. The van der Waals surface area contributed by atoms with Crippen LogP contribution in [0, 0.1) is 0 Å². The molecule has 0 bridgehead atoms. The number of para-hydroxylation sites is 2. The lowest BCUT2D eigenvalue weighted by atomic mass is 9.77. The van der Waals surface area contributed by atoms with Crippen LogP contribution in [-0.2, 0) is 6.42 Å². The molecule has 50 heavy (non-hydrogen) atoms. The summed E-state index contributed by atoms with van der Waals surface area (Å²) in [6.45, 7) is 0. The summed E-state index contributed by atoms with van der Waals surface area (Å²) in [4.78, 5) is 0. The minimum atomic E-state index is 0.363. The molecule has 0 spiro atoms. The third-order valence-corrected chi connectivity index (χ3v) is 11.9. The monoisotopic (exact) mass is 633 g/mol. The van der Waals surface area contributed by atoms with E-state index in [2.05, 4.69) is 162 Å². The zero-order chi connectivity index (χ0) is 32.5. The molecule has 7 aromatic carbocycles. The van der Waals surface area contributed by atoms with E-state index in [1.165, 1.54) is 111 Å². The zero-order valence-electron chi connectivity index (χ0n) is 27.4. The molecule has 0 amide bonds. The quantitative estimate of drug-likeness (QED) is 0.182. The van der Waals surface area contributed by atoms with Crippen molar-refractivity contribution in [2.24, 2.45) is 0 Å². The summed E-state index contributed by atoms with van der Waals surface area (Å²) in [6, 6.07) is 56.8. The second-order valence-electron chi connectivity index (χ2n) is 14.3. The van der Waals surface area contributed by atoms with Crippen molar-refractivity contribution in [3.05, 3.63) is 191 Å². The number of nitrogens with zero attached hydrogens (tertiary/aromatic N) is 1. The molecule has 0 fully saturated rings. The summed E-state index contributed by atoms with van der Waals surface area (Å²) >= 11 is 0. The van der Waals surface area contributed by atoms with Crippen molar-refractivity contribution in [3.8, 4) is 39.2 Å². The first-order chi connectivity index (χ1) is 24.8. The van der Waals surface area contributed by atoms with Crippen molar-refractivity contribution in [1.82, 2.24) is 4.57 Å². The van der Waals surface area contributed by atoms with Crippen LogP contribution in [-0.4, -0.2) is 4.57 Å². The van der Waals surface area contributed by atoms with Crippen molar-refractivity contribution in [2.75, 3.05) is 0 Å². The van der Waals surface area contributed by atoms with Crippen LogP contribution in [0.5, 0.6) is 0 Å². The van der Waals surface area contributed by atoms with E-state index in [1.807, 2.05) is 0 Å². The van der Waals surface area contributed by atoms with Crippen LogP contribution in [0.2, 0.25) is 0 Å². The van der Waals surface area contributed by atoms with E-state index in [0.717, 1.165) is 12.8 Å². The van der Waals surface area contributed by atoms with Gasteiger partial charge in [-0.05, 0) is 109 Å². The van der Waals surface area contributed by atoms with Crippen LogP contribution in [0.15, 0.2) is 158 Å². The summed E-state index contributed by atoms with van der Waals surface area (Å²) in [5.74, 6) is 0.363. The predicted octanol–water partition coefficient (Wildman–Crippen LogP) is 12.5. The van der Waals surface area contributed by atoms with Gasteiger partial charge in [-0.25, -0.2) is 0 Å². The first kappa shape index (κ1) is 26.7. The summed E-state index contributed by atoms with van der Waals surface area (Å²) in [5, 5.41) is 3.99. The van der Waals surface area contributed by atoms with E-state index in [-0.39, 0.29) is 0 Å². The van der Waals surface area contributed by atoms with Gasteiger partial charge in [0.2, 0.25) is 0 Å². The second kappa shape index (κ2) is 9.71. The number of hydrogen-bond acceptors (Lipinski definition) is 0. The Morgan fingerprint density at radius 1 is 0.520 bits per heavy atom. The highest BCUT2D eigenvalue weighted by molar-refractivity contribution is 6.25.